The average molecular weight is 439 g/mol. The first-order valence-electron chi connectivity index (χ1n) is 11.2. The fraction of sp³-hybridized carbons (Fsp3) is 0.739. The predicted molar refractivity (Wildman–Crippen MR) is 118 cm³/mol. The molecule has 0 aromatic carbocycles. The Morgan fingerprint density at radius 1 is 0.742 bits per heavy atom. The minimum absolute atomic E-state index is 0.195. The lowest BCUT2D eigenvalue weighted by Gasteiger charge is -2.23. The van der Waals surface area contributed by atoms with Crippen LogP contribution in [0.4, 0.5) is 0 Å². The van der Waals surface area contributed by atoms with Gasteiger partial charge < -0.3 is 19.3 Å². The lowest BCUT2D eigenvalue weighted by atomic mass is 9.81. The monoisotopic (exact) mass is 438 g/mol. The molecule has 2 aromatic rings. The van der Waals surface area contributed by atoms with E-state index in [4.69, 9.17) is 9.05 Å². The van der Waals surface area contributed by atoms with Gasteiger partial charge in [0.25, 0.3) is 11.1 Å². The molecule has 0 saturated carbocycles. The first kappa shape index (κ1) is 25.2. The SMILES string of the molecule is CC(C)(CCCC(O)CCCC(O)CCCC(C)(C)c1co[nH]c1=O)c1co[nH]c1=O. The van der Waals surface area contributed by atoms with Crippen LogP contribution in [0.25, 0.3) is 0 Å². The van der Waals surface area contributed by atoms with Crippen molar-refractivity contribution < 1.29 is 19.3 Å². The summed E-state index contributed by atoms with van der Waals surface area (Å²) in [7, 11) is 0. The summed E-state index contributed by atoms with van der Waals surface area (Å²) < 4.78 is 9.75. The van der Waals surface area contributed by atoms with E-state index in [1.807, 2.05) is 27.7 Å². The number of hydrogen-bond acceptors (Lipinski definition) is 6. The highest BCUT2D eigenvalue weighted by Gasteiger charge is 2.26. The molecular weight excluding hydrogens is 400 g/mol. The van der Waals surface area contributed by atoms with E-state index in [1.54, 1.807) is 0 Å². The second kappa shape index (κ2) is 11.0. The van der Waals surface area contributed by atoms with Gasteiger partial charge in [-0.15, -0.1) is 0 Å². The lowest BCUT2D eigenvalue weighted by Crippen LogP contribution is -2.24. The van der Waals surface area contributed by atoms with Crippen molar-refractivity contribution in [3.63, 3.8) is 0 Å². The van der Waals surface area contributed by atoms with Gasteiger partial charge in [-0.05, 0) is 55.8 Å². The largest absolute Gasteiger partial charge is 0.393 e. The van der Waals surface area contributed by atoms with Gasteiger partial charge in [-0.3, -0.25) is 9.59 Å². The Balaban J connectivity index is 1.60. The Labute approximate surface area is 183 Å². The zero-order valence-electron chi connectivity index (χ0n) is 19.2. The van der Waals surface area contributed by atoms with Gasteiger partial charge in [0.2, 0.25) is 0 Å². The number of H-pyrrole nitrogens is 2. The number of hydrogen-bond donors (Lipinski definition) is 4. The third-order valence-electron chi connectivity index (χ3n) is 6.36. The molecule has 2 unspecified atom stereocenters. The molecule has 2 aromatic heterocycles. The van der Waals surface area contributed by atoms with Gasteiger partial charge in [-0.1, -0.05) is 40.5 Å². The van der Waals surface area contributed by atoms with Gasteiger partial charge >= 0.3 is 0 Å². The summed E-state index contributed by atoms with van der Waals surface area (Å²) in [5, 5.41) is 25.1. The molecule has 176 valence electrons. The molecule has 31 heavy (non-hydrogen) atoms. The molecule has 8 heteroatoms. The van der Waals surface area contributed by atoms with Gasteiger partial charge in [-0.2, -0.15) is 10.3 Å². The van der Waals surface area contributed by atoms with Gasteiger partial charge in [0.05, 0.1) is 23.3 Å². The van der Waals surface area contributed by atoms with Crippen LogP contribution in [-0.4, -0.2) is 32.7 Å². The van der Waals surface area contributed by atoms with Crippen LogP contribution in [0.15, 0.2) is 31.2 Å². The second-order valence-electron chi connectivity index (χ2n) is 9.95. The van der Waals surface area contributed by atoms with Crippen molar-refractivity contribution in [1.29, 1.82) is 0 Å². The van der Waals surface area contributed by atoms with Crippen molar-refractivity contribution in [3.05, 3.63) is 44.4 Å². The number of aliphatic hydroxyl groups is 2. The van der Waals surface area contributed by atoms with Crippen LogP contribution < -0.4 is 11.1 Å². The molecule has 8 nitrogen and oxygen atoms in total. The second-order valence-corrected chi connectivity index (χ2v) is 9.95. The smallest absolute Gasteiger partial charge is 0.283 e. The summed E-state index contributed by atoms with van der Waals surface area (Å²) in [5.74, 6) is 0. The summed E-state index contributed by atoms with van der Waals surface area (Å²) in [6.45, 7) is 8.00. The molecule has 0 saturated heterocycles. The van der Waals surface area contributed by atoms with Crippen molar-refractivity contribution in [2.75, 3.05) is 0 Å². The Morgan fingerprint density at radius 2 is 1.10 bits per heavy atom. The molecule has 0 bridgehead atoms. The van der Waals surface area contributed by atoms with Gasteiger partial charge in [0.15, 0.2) is 0 Å². The number of aromatic amines is 2. The summed E-state index contributed by atoms with van der Waals surface area (Å²) >= 11 is 0. The fourth-order valence-electron chi connectivity index (χ4n) is 4.14. The molecular formula is C23H38N2O6. The van der Waals surface area contributed by atoms with Crippen LogP contribution in [0, 0.1) is 0 Å². The number of nitrogens with one attached hydrogen (secondary N) is 2. The van der Waals surface area contributed by atoms with Crippen LogP contribution in [0.5, 0.6) is 0 Å². The van der Waals surface area contributed by atoms with E-state index in [0.29, 0.717) is 36.8 Å². The van der Waals surface area contributed by atoms with Crippen molar-refractivity contribution >= 4 is 0 Å². The maximum atomic E-state index is 11.7. The lowest BCUT2D eigenvalue weighted by molar-refractivity contribution is 0.119. The molecule has 0 aliphatic carbocycles. The minimum atomic E-state index is -0.405. The minimum Gasteiger partial charge on any atom is -0.393 e. The Kier molecular flexibility index (Phi) is 8.94. The van der Waals surface area contributed by atoms with Gasteiger partial charge in [-0.25, -0.2) is 0 Å². The molecule has 2 heterocycles. The van der Waals surface area contributed by atoms with Crippen LogP contribution in [0.2, 0.25) is 0 Å². The quantitative estimate of drug-likeness (QED) is 0.355. The highest BCUT2D eigenvalue weighted by Crippen LogP contribution is 2.28. The molecule has 0 aliphatic heterocycles. The Morgan fingerprint density at radius 3 is 1.42 bits per heavy atom. The van der Waals surface area contributed by atoms with E-state index in [2.05, 4.69) is 10.3 Å². The van der Waals surface area contributed by atoms with Crippen molar-refractivity contribution in [1.82, 2.24) is 10.3 Å². The molecule has 0 spiro atoms. The molecule has 2 rings (SSSR count). The highest BCUT2D eigenvalue weighted by molar-refractivity contribution is 5.15. The average Bonchev–Trinajstić information content (AvgIpc) is 3.30. The van der Waals surface area contributed by atoms with Crippen LogP contribution >= 0.6 is 0 Å². The van der Waals surface area contributed by atoms with E-state index in [0.717, 1.165) is 32.1 Å². The summed E-state index contributed by atoms with van der Waals surface area (Å²) in [4.78, 5) is 23.5. The molecule has 0 fully saturated rings. The number of aromatic nitrogens is 2. The molecule has 0 aliphatic rings. The van der Waals surface area contributed by atoms with E-state index >= 15 is 0 Å². The molecule has 0 radical (unpaired) electrons. The Hall–Kier alpha value is -2.06. The normalized spacial score (nSPS) is 14.6. The van der Waals surface area contributed by atoms with E-state index in [9.17, 15) is 19.8 Å². The zero-order chi connectivity index (χ0) is 23.1. The maximum Gasteiger partial charge on any atom is 0.283 e. The van der Waals surface area contributed by atoms with Gasteiger partial charge in [0.1, 0.15) is 12.5 Å². The third kappa shape index (κ3) is 7.54. The van der Waals surface area contributed by atoms with E-state index < -0.39 is 12.2 Å². The number of rotatable bonds is 14. The number of aliphatic hydroxyl groups excluding tert-OH is 2. The van der Waals surface area contributed by atoms with Crippen molar-refractivity contribution in [2.45, 2.75) is 109 Å². The highest BCUT2D eigenvalue weighted by atomic mass is 16.5. The van der Waals surface area contributed by atoms with Crippen molar-refractivity contribution in [3.8, 4) is 0 Å². The molecule has 2 atom stereocenters. The first-order chi connectivity index (χ1) is 14.5. The topological polar surface area (TPSA) is 132 Å². The third-order valence-corrected chi connectivity index (χ3v) is 6.36. The van der Waals surface area contributed by atoms with Crippen LogP contribution in [-0.2, 0) is 10.8 Å². The maximum absolute atomic E-state index is 11.7. The zero-order valence-corrected chi connectivity index (χ0v) is 19.2. The standard InChI is InChI=1S/C23H38N2O6/c1-22(2,18-14-30-24-20(18)28)12-6-10-16(26)8-5-9-17(27)11-7-13-23(3,4)19-15-31-25-21(19)29/h14-17,26-27H,5-13H2,1-4H3,(H,24,28)(H,25,29). The van der Waals surface area contributed by atoms with Crippen molar-refractivity contribution in [2.24, 2.45) is 0 Å². The van der Waals surface area contributed by atoms with E-state index in [-0.39, 0.29) is 21.9 Å². The summed E-state index contributed by atoms with van der Waals surface area (Å²) in [6.07, 6.45) is 8.71. The van der Waals surface area contributed by atoms with Crippen LogP contribution in [0.3, 0.4) is 0 Å². The summed E-state index contributed by atoms with van der Waals surface area (Å²) in [6, 6.07) is 0. The predicted octanol–water partition coefficient (Wildman–Crippen LogP) is 3.74. The van der Waals surface area contributed by atoms with E-state index in [1.165, 1.54) is 12.5 Å². The van der Waals surface area contributed by atoms with Crippen LogP contribution in [0.1, 0.15) is 96.6 Å². The Bertz CT molecular complexity index is 816. The first-order valence-corrected chi connectivity index (χ1v) is 11.2. The fourth-order valence-corrected chi connectivity index (χ4v) is 4.14. The van der Waals surface area contributed by atoms with Gasteiger partial charge in [0, 0.05) is 0 Å². The summed E-state index contributed by atoms with van der Waals surface area (Å²) in [5.41, 5.74) is 0.271. The molecule has 4 N–H and O–H groups in total. The molecule has 0 amide bonds.